The maximum absolute atomic E-state index is 11.8. The van der Waals surface area contributed by atoms with Crippen LogP contribution in [-0.4, -0.2) is 23.2 Å². The van der Waals surface area contributed by atoms with Gasteiger partial charge in [0.1, 0.15) is 11.5 Å². The van der Waals surface area contributed by atoms with Crippen LogP contribution in [0.1, 0.15) is 24.5 Å². The van der Waals surface area contributed by atoms with Crippen LogP contribution in [0.2, 0.25) is 0 Å². The number of carbonyl (C=O) groups excluding carboxylic acids is 1. The molecular weight excluding hydrogens is 322 g/mol. The largest absolute Gasteiger partial charge is 0.496 e. The van der Waals surface area contributed by atoms with Gasteiger partial charge in [-0.15, -0.1) is 0 Å². The average Bonchev–Trinajstić information content (AvgIpc) is 3.32. The van der Waals surface area contributed by atoms with Crippen molar-refractivity contribution < 1.29 is 18.5 Å². The Labute approximate surface area is 145 Å². The Morgan fingerprint density at radius 3 is 2.92 bits per heavy atom. The number of amides is 1. The second-order valence-electron chi connectivity index (χ2n) is 5.42. The second-order valence-corrected chi connectivity index (χ2v) is 5.42. The SMILES string of the molecule is COc1ccccc1-c1noc(CCCC(=O)NCc2ccco2)n1. The van der Waals surface area contributed by atoms with Crippen LogP contribution in [0.4, 0.5) is 0 Å². The smallest absolute Gasteiger partial charge is 0.226 e. The summed E-state index contributed by atoms with van der Waals surface area (Å²) in [6.07, 6.45) is 3.12. The third kappa shape index (κ3) is 4.47. The van der Waals surface area contributed by atoms with Crippen molar-refractivity contribution in [2.24, 2.45) is 0 Å². The molecule has 0 saturated heterocycles. The Morgan fingerprint density at radius 2 is 2.12 bits per heavy atom. The molecule has 130 valence electrons. The highest BCUT2D eigenvalue weighted by Crippen LogP contribution is 2.27. The molecule has 1 aromatic carbocycles. The first-order chi connectivity index (χ1) is 12.3. The van der Waals surface area contributed by atoms with Crippen LogP contribution in [0, 0.1) is 0 Å². The third-order valence-electron chi connectivity index (χ3n) is 3.65. The molecule has 0 saturated carbocycles. The molecule has 0 aliphatic rings. The number of rotatable bonds is 8. The van der Waals surface area contributed by atoms with Gasteiger partial charge in [0.15, 0.2) is 0 Å². The zero-order valence-corrected chi connectivity index (χ0v) is 13.9. The number of furan rings is 1. The van der Waals surface area contributed by atoms with Crippen LogP contribution >= 0.6 is 0 Å². The number of hydrogen-bond acceptors (Lipinski definition) is 6. The molecule has 3 rings (SSSR count). The molecular formula is C18H19N3O4. The molecule has 7 nitrogen and oxygen atoms in total. The van der Waals surface area contributed by atoms with Gasteiger partial charge in [0.25, 0.3) is 0 Å². The van der Waals surface area contributed by atoms with Gasteiger partial charge >= 0.3 is 0 Å². The van der Waals surface area contributed by atoms with Gasteiger partial charge in [-0.05, 0) is 30.7 Å². The summed E-state index contributed by atoms with van der Waals surface area (Å²) in [5, 5.41) is 6.79. The Morgan fingerprint density at radius 1 is 1.24 bits per heavy atom. The predicted octanol–water partition coefficient (Wildman–Crippen LogP) is 2.98. The average molecular weight is 341 g/mol. The van der Waals surface area contributed by atoms with Gasteiger partial charge < -0.3 is 19.0 Å². The lowest BCUT2D eigenvalue weighted by Crippen LogP contribution is -2.22. The summed E-state index contributed by atoms with van der Waals surface area (Å²) in [5.74, 6) is 2.36. The van der Waals surface area contributed by atoms with E-state index in [1.54, 1.807) is 19.4 Å². The fourth-order valence-electron chi connectivity index (χ4n) is 2.38. The fourth-order valence-corrected chi connectivity index (χ4v) is 2.38. The van der Waals surface area contributed by atoms with Crippen molar-refractivity contribution in [1.82, 2.24) is 15.5 Å². The number of para-hydroxylation sites is 1. The lowest BCUT2D eigenvalue weighted by atomic mass is 10.2. The molecule has 0 aliphatic carbocycles. The minimum absolute atomic E-state index is 0.0409. The third-order valence-corrected chi connectivity index (χ3v) is 3.65. The molecule has 0 radical (unpaired) electrons. The van der Waals surface area contributed by atoms with E-state index < -0.39 is 0 Å². The highest BCUT2D eigenvalue weighted by Gasteiger charge is 2.13. The van der Waals surface area contributed by atoms with Crippen LogP contribution in [-0.2, 0) is 17.8 Å². The number of carbonyl (C=O) groups is 1. The van der Waals surface area contributed by atoms with E-state index >= 15 is 0 Å². The molecule has 1 N–H and O–H groups in total. The van der Waals surface area contributed by atoms with Crippen molar-refractivity contribution in [2.45, 2.75) is 25.8 Å². The maximum atomic E-state index is 11.8. The molecule has 0 atom stereocenters. The summed E-state index contributed by atoms with van der Waals surface area (Å²) >= 11 is 0. The molecule has 25 heavy (non-hydrogen) atoms. The van der Waals surface area contributed by atoms with Gasteiger partial charge in [0, 0.05) is 12.8 Å². The molecule has 0 fully saturated rings. The van der Waals surface area contributed by atoms with E-state index in [1.165, 1.54) is 0 Å². The first kappa shape index (κ1) is 16.8. The number of aryl methyl sites for hydroxylation is 1. The van der Waals surface area contributed by atoms with Crippen molar-refractivity contribution in [1.29, 1.82) is 0 Å². The van der Waals surface area contributed by atoms with Crippen LogP contribution in [0.25, 0.3) is 11.4 Å². The lowest BCUT2D eigenvalue weighted by Gasteiger charge is -2.03. The zero-order chi connectivity index (χ0) is 17.5. The first-order valence-corrected chi connectivity index (χ1v) is 8.01. The second kappa shape index (κ2) is 8.14. The lowest BCUT2D eigenvalue weighted by molar-refractivity contribution is -0.121. The molecule has 0 spiro atoms. The van der Waals surface area contributed by atoms with Gasteiger partial charge in [-0.3, -0.25) is 4.79 Å². The Kier molecular flexibility index (Phi) is 5.46. The molecule has 1 amide bonds. The molecule has 3 aromatic rings. The summed E-state index contributed by atoms with van der Waals surface area (Å²) in [6.45, 7) is 0.393. The van der Waals surface area contributed by atoms with Crippen molar-refractivity contribution in [3.05, 3.63) is 54.3 Å². The number of ether oxygens (including phenoxy) is 1. The standard InChI is InChI=1S/C18H19N3O4/c1-23-15-8-3-2-7-14(15)18-20-17(25-21-18)10-4-9-16(22)19-12-13-6-5-11-24-13/h2-3,5-8,11H,4,9-10,12H2,1H3,(H,19,22). The summed E-state index contributed by atoms with van der Waals surface area (Å²) in [4.78, 5) is 16.2. The molecule has 0 unspecified atom stereocenters. The molecule has 7 heteroatoms. The summed E-state index contributed by atoms with van der Waals surface area (Å²) < 4.78 is 15.7. The number of methoxy groups -OCH3 is 1. The topological polar surface area (TPSA) is 90.4 Å². The van der Waals surface area contributed by atoms with Gasteiger partial charge in [-0.2, -0.15) is 4.98 Å². The van der Waals surface area contributed by atoms with Crippen molar-refractivity contribution in [3.8, 4) is 17.1 Å². The molecule has 2 aromatic heterocycles. The van der Waals surface area contributed by atoms with Crippen LogP contribution in [0.15, 0.2) is 51.6 Å². The van der Waals surface area contributed by atoms with Crippen molar-refractivity contribution in [3.63, 3.8) is 0 Å². The quantitative estimate of drug-likeness (QED) is 0.677. The summed E-state index contributed by atoms with van der Waals surface area (Å²) in [6, 6.07) is 11.1. The van der Waals surface area contributed by atoms with Crippen LogP contribution < -0.4 is 10.1 Å². The molecule has 2 heterocycles. The highest BCUT2D eigenvalue weighted by atomic mass is 16.5. The number of aromatic nitrogens is 2. The Bertz CT molecular complexity index is 811. The number of hydrogen-bond donors (Lipinski definition) is 1. The van der Waals surface area contributed by atoms with Crippen LogP contribution in [0.3, 0.4) is 0 Å². The van der Waals surface area contributed by atoms with E-state index in [0.29, 0.717) is 43.3 Å². The molecule has 0 aliphatic heterocycles. The normalized spacial score (nSPS) is 10.6. The van der Waals surface area contributed by atoms with Gasteiger partial charge in [-0.1, -0.05) is 17.3 Å². The van der Waals surface area contributed by atoms with Gasteiger partial charge in [-0.25, -0.2) is 0 Å². The fraction of sp³-hybridized carbons (Fsp3) is 0.278. The van der Waals surface area contributed by atoms with Crippen molar-refractivity contribution >= 4 is 5.91 Å². The van der Waals surface area contributed by atoms with E-state index in [4.69, 9.17) is 13.7 Å². The number of nitrogens with one attached hydrogen (secondary N) is 1. The predicted molar refractivity (Wildman–Crippen MR) is 89.8 cm³/mol. The monoisotopic (exact) mass is 341 g/mol. The first-order valence-electron chi connectivity index (χ1n) is 8.01. The minimum Gasteiger partial charge on any atom is -0.496 e. The minimum atomic E-state index is -0.0409. The Hall–Kier alpha value is -3.09. The van der Waals surface area contributed by atoms with E-state index in [2.05, 4.69) is 15.5 Å². The van der Waals surface area contributed by atoms with E-state index in [-0.39, 0.29) is 5.91 Å². The Balaban J connectivity index is 1.48. The number of nitrogens with zero attached hydrogens (tertiary/aromatic N) is 2. The van der Waals surface area contributed by atoms with E-state index in [9.17, 15) is 4.79 Å². The maximum Gasteiger partial charge on any atom is 0.226 e. The highest BCUT2D eigenvalue weighted by molar-refractivity contribution is 5.75. The van der Waals surface area contributed by atoms with Gasteiger partial charge in [0.2, 0.25) is 17.6 Å². The van der Waals surface area contributed by atoms with E-state index in [1.807, 2.05) is 30.3 Å². The van der Waals surface area contributed by atoms with Crippen LogP contribution in [0.5, 0.6) is 5.75 Å². The summed E-state index contributed by atoms with van der Waals surface area (Å²) in [5.41, 5.74) is 0.774. The van der Waals surface area contributed by atoms with E-state index in [0.717, 1.165) is 11.3 Å². The molecule has 0 bridgehead atoms. The number of benzene rings is 1. The van der Waals surface area contributed by atoms with Crippen molar-refractivity contribution in [2.75, 3.05) is 7.11 Å². The zero-order valence-electron chi connectivity index (χ0n) is 13.9. The van der Waals surface area contributed by atoms with Gasteiger partial charge in [0.05, 0.1) is 25.5 Å². The summed E-state index contributed by atoms with van der Waals surface area (Å²) in [7, 11) is 1.60.